The molecule has 2 rings (SSSR count). The first-order valence-electron chi connectivity index (χ1n) is 5.30. The van der Waals surface area contributed by atoms with Crippen LogP contribution in [0.1, 0.15) is 31.4 Å². The zero-order valence-electron chi connectivity index (χ0n) is 8.77. The fraction of sp³-hybridized carbons (Fsp3) is 0.636. The molecule has 1 saturated carbocycles. The van der Waals surface area contributed by atoms with Gasteiger partial charge in [-0.2, -0.15) is 0 Å². The van der Waals surface area contributed by atoms with Crippen molar-refractivity contribution >= 4 is 0 Å². The summed E-state index contributed by atoms with van der Waals surface area (Å²) in [5.74, 6) is 1.35. The topological polar surface area (TPSA) is 37.8 Å². The van der Waals surface area contributed by atoms with E-state index in [1.54, 1.807) is 12.4 Å². The summed E-state index contributed by atoms with van der Waals surface area (Å²) in [6.07, 6.45) is 7.84. The van der Waals surface area contributed by atoms with E-state index < -0.39 is 0 Å². The highest BCUT2D eigenvalue weighted by molar-refractivity contribution is 5.14. The molecule has 3 unspecified atom stereocenters. The van der Waals surface area contributed by atoms with Crippen LogP contribution in [0.3, 0.4) is 0 Å². The summed E-state index contributed by atoms with van der Waals surface area (Å²) in [5, 5.41) is 3.35. The average Bonchev–Trinajstić information content (AvgIpc) is 2.19. The lowest BCUT2D eigenvalue weighted by molar-refractivity contribution is 0.165. The van der Waals surface area contributed by atoms with Gasteiger partial charge in [-0.15, -0.1) is 0 Å². The van der Waals surface area contributed by atoms with Crippen molar-refractivity contribution in [1.29, 1.82) is 0 Å². The summed E-state index contributed by atoms with van der Waals surface area (Å²) in [5.41, 5.74) is 1.16. The van der Waals surface area contributed by atoms with Gasteiger partial charge in [0, 0.05) is 30.6 Å². The third kappa shape index (κ3) is 1.52. The number of hydrogen-bond donors (Lipinski definition) is 1. The Bertz CT molecular complexity index is 286. The zero-order chi connectivity index (χ0) is 9.97. The maximum atomic E-state index is 4.38. The number of rotatable bonds is 3. The van der Waals surface area contributed by atoms with E-state index in [0.29, 0.717) is 12.0 Å². The van der Waals surface area contributed by atoms with Gasteiger partial charge in [-0.05, 0) is 19.4 Å². The molecule has 1 aliphatic carbocycles. The summed E-state index contributed by atoms with van der Waals surface area (Å²) in [7, 11) is 2.04. The maximum Gasteiger partial charge on any atom is 0.0621 e. The Morgan fingerprint density at radius 1 is 1.50 bits per heavy atom. The van der Waals surface area contributed by atoms with E-state index in [1.165, 1.54) is 12.8 Å². The molecule has 0 bridgehead atoms. The molecule has 0 aromatic carbocycles. The molecule has 3 atom stereocenters. The maximum absolute atomic E-state index is 4.38. The van der Waals surface area contributed by atoms with E-state index in [-0.39, 0.29) is 0 Å². The summed E-state index contributed by atoms with van der Waals surface area (Å²) >= 11 is 0. The van der Waals surface area contributed by atoms with Gasteiger partial charge in [0.1, 0.15) is 0 Å². The second kappa shape index (κ2) is 4.05. The molecule has 3 heteroatoms. The van der Waals surface area contributed by atoms with E-state index in [1.807, 2.05) is 13.2 Å². The number of nitrogens with zero attached hydrogens (tertiary/aromatic N) is 2. The van der Waals surface area contributed by atoms with Gasteiger partial charge >= 0.3 is 0 Å². The molecular formula is C11H17N3. The summed E-state index contributed by atoms with van der Waals surface area (Å²) in [6, 6.07) is 0.673. The minimum Gasteiger partial charge on any atom is -0.317 e. The SMILES string of the molecule is CCC1C(NC)CC1c1cnccn1. The Labute approximate surface area is 85.0 Å². The van der Waals surface area contributed by atoms with E-state index >= 15 is 0 Å². The van der Waals surface area contributed by atoms with Crippen LogP contribution in [-0.4, -0.2) is 23.1 Å². The molecular weight excluding hydrogens is 174 g/mol. The minimum atomic E-state index is 0.617. The average molecular weight is 191 g/mol. The molecule has 0 saturated heterocycles. The number of aromatic nitrogens is 2. The van der Waals surface area contributed by atoms with Crippen LogP contribution in [-0.2, 0) is 0 Å². The first-order valence-corrected chi connectivity index (χ1v) is 5.30. The van der Waals surface area contributed by atoms with Gasteiger partial charge in [0.25, 0.3) is 0 Å². The zero-order valence-corrected chi connectivity index (χ0v) is 8.77. The normalized spacial score (nSPS) is 31.1. The molecule has 3 nitrogen and oxygen atoms in total. The van der Waals surface area contributed by atoms with Gasteiger partial charge < -0.3 is 5.32 Å². The molecule has 1 aliphatic rings. The highest BCUT2D eigenvalue weighted by Crippen LogP contribution is 2.43. The lowest BCUT2D eigenvalue weighted by Crippen LogP contribution is -2.47. The highest BCUT2D eigenvalue weighted by Gasteiger charge is 2.40. The smallest absolute Gasteiger partial charge is 0.0621 e. The van der Waals surface area contributed by atoms with E-state index in [4.69, 9.17) is 0 Å². The second-order valence-corrected chi connectivity index (χ2v) is 3.94. The summed E-state index contributed by atoms with van der Waals surface area (Å²) in [6.45, 7) is 2.25. The Hall–Kier alpha value is -0.960. The van der Waals surface area contributed by atoms with Crippen LogP contribution >= 0.6 is 0 Å². The van der Waals surface area contributed by atoms with E-state index in [9.17, 15) is 0 Å². The van der Waals surface area contributed by atoms with Gasteiger partial charge in [0.15, 0.2) is 0 Å². The number of nitrogens with one attached hydrogen (secondary N) is 1. The predicted octanol–water partition coefficient (Wildman–Crippen LogP) is 1.58. The molecule has 0 spiro atoms. The summed E-state index contributed by atoms with van der Waals surface area (Å²) < 4.78 is 0. The fourth-order valence-corrected chi connectivity index (χ4v) is 2.45. The molecule has 0 amide bonds. The van der Waals surface area contributed by atoms with Crippen molar-refractivity contribution < 1.29 is 0 Å². The lowest BCUT2D eigenvalue weighted by atomic mass is 9.66. The molecule has 0 aliphatic heterocycles. The van der Waals surface area contributed by atoms with Crippen molar-refractivity contribution in [1.82, 2.24) is 15.3 Å². The molecule has 1 fully saturated rings. The first kappa shape index (κ1) is 9.59. The monoisotopic (exact) mass is 191 g/mol. The van der Waals surface area contributed by atoms with Gasteiger partial charge in [-0.1, -0.05) is 13.3 Å². The molecule has 14 heavy (non-hydrogen) atoms. The third-order valence-electron chi connectivity index (χ3n) is 3.35. The highest BCUT2D eigenvalue weighted by atomic mass is 14.9. The van der Waals surface area contributed by atoms with Gasteiger partial charge in [-0.25, -0.2) is 0 Å². The van der Waals surface area contributed by atoms with Gasteiger partial charge in [0.2, 0.25) is 0 Å². The molecule has 1 heterocycles. The Kier molecular flexibility index (Phi) is 2.77. The second-order valence-electron chi connectivity index (χ2n) is 3.94. The van der Waals surface area contributed by atoms with Crippen LogP contribution in [0.4, 0.5) is 0 Å². The van der Waals surface area contributed by atoms with Crippen molar-refractivity contribution in [2.45, 2.75) is 31.7 Å². The van der Waals surface area contributed by atoms with Crippen molar-refractivity contribution in [2.24, 2.45) is 5.92 Å². The predicted molar refractivity (Wildman–Crippen MR) is 56.0 cm³/mol. The third-order valence-corrected chi connectivity index (χ3v) is 3.35. The van der Waals surface area contributed by atoms with Crippen LogP contribution in [0, 0.1) is 5.92 Å². The standard InChI is InChI=1S/C11H17N3/c1-3-8-9(6-10(8)12-2)11-7-13-4-5-14-11/h4-5,7-10,12H,3,6H2,1-2H3. The lowest BCUT2D eigenvalue weighted by Gasteiger charge is -2.44. The molecule has 1 aromatic rings. The number of hydrogen-bond acceptors (Lipinski definition) is 3. The van der Waals surface area contributed by atoms with Crippen molar-refractivity contribution in [3.63, 3.8) is 0 Å². The molecule has 76 valence electrons. The molecule has 1 N–H and O–H groups in total. The first-order chi connectivity index (χ1) is 6.86. The van der Waals surface area contributed by atoms with Crippen molar-refractivity contribution in [3.05, 3.63) is 24.3 Å². The van der Waals surface area contributed by atoms with Gasteiger partial charge in [0.05, 0.1) is 5.69 Å². The van der Waals surface area contributed by atoms with Crippen LogP contribution in [0.2, 0.25) is 0 Å². The van der Waals surface area contributed by atoms with Crippen LogP contribution < -0.4 is 5.32 Å². The quantitative estimate of drug-likeness (QED) is 0.788. The van der Waals surface area contributed by atoms with Crippen molar-refractivity contribution in [3.8, 4) is 0 Å². The summed E-state index contributed by atoms with van der Waals surface area (Å²) in [4.78, 5) is 8.50. The fourth-order valence-electron chi connectivity index (χ4n) is 2.45. The Balaban J connectivity index is 2.08. The van der Waals surface area contributed by atoms with Crippen LogP contribution in [0.25, 0.3) is 0 Å². The largest absolute Gasteiger partial charge is 0.317 e. The van der Waals surface area contributed by atoms with E-state index in [2.05, 4.69) is 22.2 Å². The van der Waals surface area contributed by atoms with Crippen LogP contribution in [0.5, 0.6) is 0 Å². The van der Waals surface area contributed by atoms with Gasteiger partial charge in [-0.3, -0.25) is 9.97 Å². The minimum absolute atomic E-state index is 0.617. The molecule has 1 aromatic heterocycles. The Morgan fingerprint density at radius 3 is 2.93 bits per heavy atom. The van der Waals surface area contributed by atoms with Crippen molar-refractivity contribution in [2.75, 3.05) is 7.05 Å². The molecule has 0 radical (unpaired) electrons. The van der Waals surface area contributed by atoms with E-state index in [0.717, 1.165) is 11.6 Å². The van der Waals surface area contributed by atoms with Crippen LogP contribution in [0.15, 0.2) is 18.6 Å². The Morgan fingerprint density at radius 2 is 2.36 bits per heavy atom.